The molecule has 0 aromatic heterocycles. The summed E-state index contributed by atoms with van der Waals surface area (Å²) in [5, 5.41) is 6.72. The largest absolute Gasteiger partial charge is 0.323 e. The van der Waals surface area contributed by atoms with Gasteiger partial charge in [-0.1, -0.05) is 30.0 Å². The van der Waals surface area contributed by atoms with E-state index in [9.17, 15) is 4.79 Å². The Labute approximate surface area is 84.8 Å². The molecule has 0 saturated heterocycles. The third-order valence-corrected chi connectivity index (χ3v) is 3.44. The smallest absolute Gasteiger partial charge is 0.267 e. The van der Waals surface area contributed by atoms with Gasteiger partial charge in [0.15, 0.2) is 0 Å². The van der Waals surface area contributed by atoms with Gasteiger partial charge in [-0.25, -0.2) is 0 Å². The summed E-state index contributed by atoms with van der Waals surface area (Å²) in [5.74, 6) is -0.0544. The number of fused-ring (bicyclic) bond motifs is 2. The number of rotatable bonds is 0. The van der Waals surface area contributed by atoms with Gasteiger partial charge in [0.2, 0.25) is 4.87 Å². The first kappa shape index (κ1) is 7.87. The molecule has 70 valence electrons. The first-order valence-corrected chi connectivity index (χ1v) is 5.08. The predicted molar refractivity (Wildman–Crippen MR) is 56.0 cm³/mol. The van der Waals surface area contributed by atoms with Gasteiger partial charge in [0.1, 0.15) is 0 Å². The van der Waals surface area contributed by atoms with Gasteiger partial charge in [-0.05, 0) is 6.07 Å². The lowest BCUT2D eigenvalue weighted by atomic mass is 10.1. The molecular weight excluding hydrogens is 198 g/mol. The van der Waals surface area contributed by atoms with Gasteiger partial charge in [-0.2, -0.15) is 5.10 Å². The van der Waals surface area contributed by atoms with Crippen LogP contribution in [-0.4, -0.2) is 11.5 Å². The van der Waals surface area contributed by atoms with E-state index in [2.05, 4.69) is 15.8 Å². The third kappa shape index (κ3) is 0.798. The Hall–Kier alpha value is -1.49. The molecule has 0 fully saturated rings. The molecule has 1 spiro atoms. The molecule has 1 atom stereocenters. The molecule has 0 bridgehead atoms. The highest BCUT2D eigenvalue weighted by Gasteiger charge is 2.49. The summed E-state index contributed by atoms with van der Waals surface area (Å²) >= 11 is 1.39. The average molecular weight is 205 g/mol. The minimum absolute atomic E-state index is 0.0544. The van der Waals surface area contributed by atoms with E-state index in [4.69, 9.17) is 0 Å². The van der Waals surface area contributed by atoms with E-state index < -0.39 is 4.87 Å². The van der Waals surface area contributed by atoms with Gasteiger partial charge in [-0.3, -0.25) is 10.2 Å². The quantitative estimate of drug-likeness (QED) is 0.666. The van der Waals surface area contributed by atoms with Crippen molar-refractivity contribution in [2.75, 3.05) is 5.32 Å². The van der Waals surface area contributed by atoms with Crippen LogP contribution in [0.4, 0.5) is 5.69 Å². The normalized spacial score (nSPS) is 27.6. The summed E-state index contributed by atoms with van der Waals surface area (Å²) < 4.78 is 0. The number of thioether (sulfide) groups is 1. The second kappa shape index (κ2) is 2.51. The standard InChI is InChI=1S/C9H7N3OS/c13-8-9(12-10-5-14-9)6-3-1-2-4-7(6)11-8/h1-5,12H,(H,11,13). The van der Waals surface area contributed by atoms with Crippen LogP contribution < -0.4 is 10.7 Å². The molecule has 2 heterocycles. The predicted octanol–water partition coefficient (Wildman–Crippen LogP) is 1.07. The minimum atomic E-state index is -0.726. The molecule has 4 nitrogen and oxygen atoms in total. The molecule has 2 aliphatic rings. The fraction of sp³-hybridized carbons (Fsp3) is 0.111. The first-order chi connectivity index (χ1) is 6.83. The van der Waals surface area contributed by atoms with Crippen molar-refractivity contribution in [3.8, 4) is 0 Å². The highest BCUT2D eigenvalue weighted by molar-refractivity contribution is 8.13. The molecule has 3 rings (SSSR count). The second-order valence-corrected chi connectivity index (χ2v) is 4.20. The highest BCUT2D eigenvalue weighted by Crippen LogP contribution is 2.44. The molecule has 14 heavy (non-hydrogen) atoms. The summed E-state index contributed by atoms with van der Waals surface area (Å²) in [7, 11) is 0. The second-order valence-electron chi connectivity index (χ2n) is 3.15. The van der Waals surface area contributed by atoms with Crippen molar-refractivity contribution < 1.29 is 4.79 Å². The number of hydrazone groups is 1. The molecule has 2 aliphatic heterocycles. The van der Waals surface area contributed by atoms with Crippen LogP contribution in [0.3, 0.4) is 0 Å². The van der Waals surface area contributed by atoms with Gasteiger partial charge in [0, 0.05) is 11.3 Å². The Bertz CT molecular complexity index is 435. The van der Waals surface area contributed by atoms with Crippen LogP contribution >= 0.6 is 11.8 Å². The SMILES string of the molecule is O=C1Nc2ccccc2C12NN=CS2. The molecule has 0 radical (unpaired) electrons. The molecule has 1 amide bonds. The molecule has 2 N–H and O–H groups in total. The number of nitrogens with one attached hydrogen (secondary N) is 2. The molecule has 1 aromatic rings. The number of hydrogen-bond acceptors (Lipinski definition) is 4. The van der Waals surface area contributed by atoms with Gasteiger partial charge in [0.05, 0.1) is 5.55 Å². The molecule has 5 heteroatoms. The fourth-order valence-electron chi connectivity index (χ4n) is 1.71. The number of amides is 1. The summed E-state index contributed by atoms with van der Waals surface area (Å²) in [5.41, 5.74) is 6.33. The van der Waals surface area contributed by atoms with Crippen molar-refractivity contribution in [3.05, 3.63) is 29.8 Å². The van der Waals surface area contributed by atoms with Crippen LogP contribution in [0, 0.1) is 0 Å². The van der Waals surface area contributed by atoms with E-state index in [1.54, 1.807) is 5.55 Å². The van der Waals surface area contributed by atoms with Crippen LogP contribution in [0.5, 0.6) is 0 Å². The number of benzene rings is 1. The molecule has 0 aliphatic carbocycles. The Kier molecular flexibility index (Phi) is 1.41. The van der Waals surface area contributed by atoms with E-state index in [0.717, 1.165) is 11.3 Å². The van der Waals surface area contributed by atoms with E-state index in [-0.39, 0.29) is 5.91 Å². The Morgan fingerprint density at radius 3 is 3.00 bits per heavy atom. The number of carbonyl (C=O) groups excluding carboxylic acids is 1. The Morgan fingerprint density at radius 2 is 2.21 bits per heavy atom. The lowest BCUT2D eigenvalue weighted by molar-refractivity contribution is -0.118. The fourth-order valence-corrected chi connectivity index (χ4v) is 2.54. The first-order valence-electron chi connectivity index (χ1n) is 4.20. The van der Waals surface area contributed by atoms with Gasteiger partial charge in [-0.15, -0.1) is 0 Å². The highest BCUT2D eigenvalue weighted by atomic mass is 32.2. The summed E-state index contributed by atoms with van der Waals surface area (Å²) in [6.07, 6.45) is 0. The molecular formula is C9H7N3OS. The Balaban J connectivity index is 2.19. The number of anilines is 1. The van der Waals surface area contributed by atoms with Gasteiger partial charge < -0.3 is 5.32 Å². The maximum atomic E-state index is 11.8. The summed E-state index contributed by atoms with van der Waals surface area (Å²) in [4.78, 5) is 11.1. The van der Waals surface area contributed by atoms with Crippen LogP contribution in [0.2, 0.25) is 0 Å². The van der Waals surface area contributed by atoms with Gasteiger partial charge in [0.25, 0.3) is 5.91 Å². The average Bonchev–Trinajstić information content (AvgIpc) is 2.77. The number of hydrogen-bond donors (Lipinski definition) is 2. The van der Waals surface area contributed by atoms with Crippen molar-refractivity contribution >= 4 is 28.9 Å². The summed E-state index contributed by atoms with van der Waals surface area (Å²) in [6, 6.07) is 7.64. The third-order valence-electron chi connectivity index (χ3n) is 2.38. The van der Waals surface area contributed by atoms with Crippen LogP contribution in [-0.2, 0) is 9.67 Å². The van der Waals surface area contributed by atoms with Crippen molar-refractivity contribution in [1.29, 1.82) is 0 Å². The zero-order valence-electron chi connectivity index (χ0n) is 7.15. The molecule has 1 aromatic carbocycles. The van der Waals surface area contributed by atoms with E-state index in [1.807, 2.05) is 24.3 Å². The van der Waals surface area contributed by atoms with Crippen LogP contribution in [0.15, 0.2) is 29.4 Å². The maximum absolute atomic E-state index is 11.8. The maximum Gasteiger partial charge on any atom is 0.267 e. The van der Waals surface area contributed by atoms with Crippen molar-refractivity contribution in [2.45, 2.75) is 4.87 Å². The number of nitrogens with zero attached hydrogens (tertiary/aromatic N) is 1. The molecule has 1 unspecified atom stereocenters. The zero-order valence-corrected chi connectivity index (χ0v) is 7.97. The van der Waals surface area contributed by atoms with Crippen molar-refractivity contribution in [1.82, 2.24) is 5.43 Å². The van der Waals surface area contributed by atoms with Crippen molar-refractivity contribution in [2.24, 2.45) is 5.10 Å². The topological polar surface area (TPSA) is 53.5 Å². The zero-order chi connectivity index (χ0) is 9.60. The number of carbonyl (C=O) groups is 1. The minimum Gasteiger partial charge on any atom is -0.323 e. The van der Waals surface area contributed by atoms with Gasteiger partial charge >= 0.3 is 0 Å². The lowest BCUT2D eigenvalue weighted by Crippen LogP contribution is -2.39. The van der Waals surface area contributed by atoms with E-state index in [0.29, 0.717) is 0 Å². The van der Waals surface area contributed by atoms with E-state index in [1.165, 1.54) is 11.8 Å². The van der Waals surface area contributed by atoms with Crippen molar-refractivity contribution in [3.63, 3.8) is 0 Å². The monoisotopic (exact) mass is 205 g/mol. The number of para-hydroxylation sites is 1. The lowest BCUT2D eigenvalue weighted by Gasteiger charge is -2.18. The van der Waals surface area contributed by atoms with E-state index >= 15 is 0 Å². The van der Waals surface area contributed by atoms with Crippen LogP contribution in [0.1, 0.15) is 5.56 Å². The Morgan fingerprint density at radius 1 is 1.36 bits per heavy atom. The molecule has 0 saturated carbocycles. The summed E-state index contributed by atoms with van der Waals surface area (Å²) in [6.45, 7) is 0. The van der Waals surface area contributed by atoms with Crippen LogP contribution in [0.25, 0.3) is 0 Å².